The first-order chi connectivity index (χ1) is 33.7. The molecule has 5 nitrogen and oxygen atoms in total. The van der Waals surface area contributed by atoms with Gasteiger partial charge in [0, 0.05) is 74.0 Å². The minimum absolute atomic E-state index is 0.896. The smallest absolute Gasteiger partial charge is 0.0716 e. The van der Waals surface area contributed by atoms with Crippen LogP contribution in [0.3, 0.4) is 0 Å². The van der Waals surface area contributed by atoms with Gasteiger partial charge in [0.25, 0.3) is 0 Å². The van der Waals surface area contributed by atoms with E-state index in [-0.39, 0.29) is 0 Å². The highest BCUT2D eigenvalue weighted by Gasteiger charge is 2.19. The molecule has 12 aromatic rings. The number of para-hydroxylation sites is 1. The Balaban J connectivity index is 1.01. The van der Waals surface area contributed by atoms with Crippen LogP contribution in [0.5, 0.6) is 0 Å². The van der Waals surface area contributed by atoms with Crippen LogP contribution in [0.4, 0.5) is 0 Å². The van der Waals surface area contributed by atoms with Crippen molar-refractivity contribution in [1.82, 2.24) is 24.1 Å². The fourth-order valence-corrected chi connectivity index (χ4v) is 10.3. The molecule has 5 heterocycles. The van der Waals surface area contributed by atoms with Crippen LogP contribution in [0.1, 0.15) is 12.8 Å². The molecule has 0 aliphatic heterocycles. The van der Waals surface area contributed by atoms with Gasteiger partial charge in [0.15, 0.2) is 0 Å². The fourth-order valence-electron chi connectivity index (χ4n) is 10.3. The number of hydrogen-bond donors (Lipinski definition) is 0. The Labute approximate surface area is 394 Å². The third kappa shape index (κ3) is 6.92. The van der Waals surface area contributed by atoms with Crippen LogP contribution < -0.4 is 10.6 Å². The summed E-state index contributed by atoms with van der Waals surface area (Å²) in [4.78, 5) is 13.6. The standard InChI is InChI=1S/C63H43N5/c1-3-11-42(12-4-1)48-23-25-62-56(37-48)54-15-7-9-17-60(54)67(62)52-35-50(36-53(41-52)68-61-18-10-8-16-55(61)57-38-49(24-26-63(57)68)43-13-5-2-6-14-43)44-19-21-45(22-20-44)51-39-58(46-27-31-64-32-28-46)66-59(40-51)47-29-33-65-34-30-47/h1-7,9,11-41H,8,10H2. The summed E-state index contributed by atoms with van der Waals surface area (Å²) >= 11 is 0. The zero-order valence-electron chi connectivity index (χ0n) is 37.2. The second kappa shape index (κ2) is 16.5. The monoisotopic (exact) mass is 869 g/mol. The molecule has 7 aromatic carbocycles. The van der Waals surface area contributed by atoms with Crippen LogP contribution in [-0.4, -0.2) is 24.1 Å². The van der Waals surface area contributed by atoms with Gasteiger partial charge in [0.05, 0.1) is 27.9 Å². The molecule has 0 N–H and O–H groups in total. The maximum atomic E-state index is 5.10. The van der Waals surface area contributed by atoms with E-state index in [1.165, 1.54) is 65.5 Å². The van der Waals surface area contributed by atoms with E-state index in [0.717, 1.165) is 69.0 Å². The average molecular weight is 870 g/mol. The Morgan fingerprint density at radius 2 is 0.779 bits per heavy atom. The molecule has 0 bridgehead atoms. The summed E-state index contributed by atoms with van der Waals surface area (Å²) in [5.74, 6) is 0. The molecule has 68 heavy (non-hydrogen) atoms. The van der Waals surface area contributed by atoms with E-state index < -0.39 is 0 Å². The molecule has 0 amide bonds. The molecule has 0 radical (unpaired) electrons. The van der Waals surface area contributed by atoms with Gasteiger partial charge in [-0.25, -0.2) is 4.98 Å². The van der Waals surface area contributed by atoms with Crippen molar-refractivity contribution in [3.8, 4) is 78.4 Å². The van der Waals surface area contributed by atoms with Crippen LogP contribution in [0, 0.1) is 0 Å². The molecule has 0 spiro atoms. The third-order valence-corrected chi connectivity index (χ3v) is 13.5. The maximum absolute atomic E-state index is 5.10. The topological polar surface area (TPSA) is 48.5 Å². The van der Waals surface area contributed by atoms with Crippen LogP contribution in [0.2, 0.25) is 0 Å². The highest BCUT2D eigenvalue weighted by molar-refractivity contribution is 6.10. The predicted molar refractivity (Wildman–Crippen MR) is 281 cm³/mol. The van der Waals surface area contributed by atoms with E-state index in [9.17, 15) is 0 Å². The molecule has 0 fully saturated rings. The second-order valence-corrected chi connectivity index (χ2v) is 17.6. The van der Waals surface area contributed by atoms with Crippen LogP contribution in [0.25, 0.3) is 123 Å². The normalized spacial score (nSPS) is 12.2. The lowest BCUT2D eigenvalue weighted by atomic mass is 9.97. The molecule has 1 aliphatic carbocycles. The van der Waals surface area contributed by atoms with Crippen LogP contribution in [-0.2, 0) is 0 Å². The quantitative estimate of drug-likeness (QED) is 0.153. The lowest BCUT2D eigenvalue weighted by molar-refractivity contribution is 1.02. The van der Waals surface area contributed by atoms with Gasteiger partial charge in [0.1, 0.15) is 0 Å². The molecular formula is C63H43N5. The Hall–Kier alpha value is -8.93. The van der Waals surface area contributed by atoms with Crippen molar-refractivity contribution in [2.24, 2.45) is 0 Å². The third-order valence-electron chi connectivity index (χ3n) is 13.5. The van der Waals surface area contributed by atoms with Crippen LogP contribution >= 0.6 is 0 Å². The zero-order valence-corrected chi connectivity index (χ0v) is 37.2. The van der Waals surface area contributed by atoms with Crippen molar-refractivity contribution in [1.29, 1.82) is 0 Å². The van der Waals surface area contributed by atoms with Crippen molar-refractivity contribution in [2.45, 2.75) is 12.8 Å². The van der Waals surface area contributed by atoms with Crippen molar-refractivity contribution < 1.29 is 0 Å². The first-order valence-electron chi connectivity index (χ1n) is 23.3. The number of benzene rings is 7. The second-order valence-electron chi connectivity index (χ2n) is 17.6. The summed E-state index contributed by atoms with van der Waals surface area (Å²) < 4.78 is 4.95. The summed E-state index contributed by atoms with van der Waals surface area (Å²) in [5, 5.41) is 6.28. The molecule has 1 aliphatic rings. The lowest BCUT2D eigenvalue weighted by Crippen LogP contribution is -2.30. The van der Waals surface area contributed by atoms with E-state index >= 15 is 0 Å². The van der Waals surface area contributed by atoms with Gasteiger partial charge in [-0.2, -0.15) is 0 Å². The lowest BCUT2D eigenvalue weighted by Gasteiger charge is -2.16. The first kappa shape index (κ1) is 39.4. The Kier molecular flexibility index (Phi) is 9.57. The minimum atomic E-state index is 0.896. The molecular weight excluding hydrogens is 827 g/mol. The molecule has 0 atom stereocenters. The molecule has 320 valence electrons. The van der Waals surface area contributed by atoms with Gasteiger partial charge in [-0.1, -0.05) is 127 Å². The Morgan fingerprint density at radius 3 is 1.40 bits per heavy atom. The van der Waals surface area contributed by atoms with E-state index in [0.29, 0.717) is 0 Å². The Morgan fingerprint density at radius 1 is 0.309 bits per heavy atom. The summed E-state index contributed by atoms with van der Waals surface area (Å²) in [6, 6.07) is 72.7. The first-order valence-corrected chi connectivity index (χ1v) is 23.3. The van der Waals surface area contributed by atoms with Gasteiger partial charge < -0.3 is 9.13 Å². The molecule has 5 aromatic heterocycles. The molecule has 5 heteroatoms. The van der Waals surface area contributed by atoms with Gasteiger partial charge >= 0.3 is 0 Å². The summed E-state index contributed by atoms with van der Waals surface area (Å²) in [6.45, 7) is 0. The maximum Gasteiger partial charge on any atom is 0.0716 e. The highest BCUT2D eigenvalue weighted by atomic mass is 15.0. The number of hydrogen-bond acceptors (Lipinski definition) is 3. The molecule has 0 unspecified atom stereocenters. The number of fused-ring (bicyclic) bond motifs is 6. The van der Waals surface area contributed by atoms with E-state index in [4.69, 9.17) is 4.98 Å². The fraction of sp³-hybridized carbons (Fsp3) is 0.0317. The van der Waals surface area contributed by atoms with E-state index in [2.05, 4.69) is 207 Å². The molecule has 13 rings (SSSR count). The van der Waals surface area contributed by atoms with Gasteiger partial charge in [-0.3, -0.25) is 9.97 Å². The zero-order chi connectivity index (χ0) is 45.0. The van der Waals surface area contributed by atoms with Crippen molar-refractivity contribution in [3.63, 3.8) is 0 Å². The largest absolute Gasteiger partial charge is 0.309 e. The van der Waals surface area contributed by atoms with Crippen molar-refractivity contribution >= 4 is 44.9 Å². The number of rotatable bonds is 8. The Bertz CT molecular complexity index is 3930. The summed E-state index contributed by atoms with van der Waals surface area (Å²) in [5.41, 5.74) is 18.9. The minimum Gasteiger partial charge on any atom is -0.309 e. The number of nitrogens with zero attached hydrogens (tertiary/aromatic N) is 5. The highest BCUT2D eigenvalue weighted by Crippen LogP contribution is 2.38. The van der Waals surface area contributed by atoms with Crippen molar-refractivity contribution in [2.75, 3.05) is 0 Å². The summed E-state index contributed by atoms with van der Waals surface area (Å²) in [6.07, 6.45) is 14.2. The number of aromatic nitrogens is 5. The van der Waals surface area contributed by atoms with E-state index in [1.54, 1.807) is 0 Å². The van der Waals surface area contributed by atoms with Gasteiger partial charge in [-0.15, -0.1) is 0 Å². The van der Waals surface area contributed by atoms with Gasteiger partial charge in [-0.05, 0) is 142 Å². The van der Waals surface area contributed by atoms with Gasteiger partial charge in [0.2, 0.25) is 0 Å². The number of pyridine rings is 3. The van der Waals surface area contributed by atoms with Crippen molar-refractivity contribution in [3.05, 3.63) is 236 Å². The molecule has 0 saturated heterocycles. The summed E-state index contributed by atoms with van der Waals surface area (Å²) in [7, 11) is 0. The van der Waals surface area contributed by atoms with E-state index in [1.807, 2.05) is 49.1 Å². The average Bonchev–Trinajstić information content (AvgIpc) is 3.94. The predicted octanol–water partition coefficient (Wildman–Crippen LogP) is 14.3. The molecule has 0 saturated carbocycles. The SMILES string of the molecule is C1=c2c(n(-c3cc(-c4ccc(-c5cc(-c6ccncc6)nc(-c6ccncc6)c5)cc4)cc(-n4c5ccccc5c5cc(-c6ccccc6)ccc54)c3)c3ccc(-c4ccccc4)cc23)=CCC1. The van der Waals surface area contributed by atoms with Crippen LogP contribution in [0.15, 0.2) is 225 Å².